The van der Waals surface area contributed by atoms with E-state index >= 15 is 0 Å². The van der Waals surface area contributed by atoms with Gasteiger partial charge in [0.2, 0.25) is 11.8 Å². The first-order valence-electron chi connectivity index (χ1n) is 8.40. The quantitative estimate of drug-likeness (QED) is 0.655. The number of imidazole rings is 1. The highest BCUT2D eigenvalue weighted by Crippen LogP contribution is 2.32. The van der Waals surface area contributed by atoms with E-state index in [0.717, 1.165) is 27.8 Å². The minimum Gasteiger partial charge on any atom is -0.342 e. The van der Waals surface area contributed by atoms with E-state index in [1.807, 2.05) is 24.3 Å². The number of aromatic amines is 1. The van der Waals surface area contributed by atoms with Crippen LogP contribution in [-0.2, 0) is 16.0 Å². The Labute approximate surface area is 163 Å². The van der Waals surface area contributed by atoms with Crippen LogP contribution >= 0.6 is 23.4 Å². The molecule has 138 valence electrons. The lowest BCUT2D eigenvalue weighted by Gasteiger charge is -2.15. The fraction of sp³-hybridized carbons (Fsp3) is 0.211. The second kappa shape index (κ2) is 7.32. The van der Waals surface area contributed by atoms with Crippen molar-refractivity contribution in [3.8, 4) is 0 Å². The van der Waals surface area contributed by atoms with Gasteiger partial charge < -0.3 is 4.98 Å². The summed E-state index contributed by atoms with van der Waals surface area (Å²) in [5.74, 6) is 0.321. The van der Waals surface area contributed by atoms with Crippen molar-refractivity contribution in [3.63, 3.8) is 0 Å². The summed E-state index contributed by atoms with van der Waals surface area (Å²) in [7, 11) is 0. The summed E-state index contributed by atoms with van der Waals surface area (Å²) in [5, 5.41) is -0.570. The lowest BCUT2D eigenvalue weighted by Crippen LogP contribution is -2.31. The average Bonchev–Trinajstić information content (AvgIpc) is 3.18. The number of rotatable bonds is 5. The van der Waals surface area contributed by atoms with Crippen LogP contribution in [0.25, 0.3) is 11.0 Å². The number of fused-ring (bicyclic) bond motifs is 1. The third-order valence-corrected chi connectivity index (χ3v) is 5.86. The number of nitrogens with zero attached hydrogens (tertiary/aromatic N) is 2. The molecular weight excluding hydrogens is 389 g/mol. The maximum absolute atomic E-state index is 13.3. The predicted octanol–water partition coefficient (Wildman–Crippen LogP) is 3.96. The standard InChI is InChI=1S/C19H15ClFN3O2S/c20-12-9-11(5-6-13(12)21)24-18(25)10-16(19(24)26)27-8-7-17-22-14-3-1-2-4-15(14)23-17/h1-6,9,16H,7-8,10H2,(H,22,23)/t16-/m1/s1. The third-order valence-electron chi connectivity index (χ3n) is 4.36. The number of halogens is 2. The van der Waals surface area contributed by atoms with Gasteiger partial charge in [-0.05, 0) is 30.3 Å². The van der Waals surface area contributed by atoms with Gasteiger partial charge in [-0.3, -0.25) is 9.59 Å². The average molecular weight is 404 g/mol. The van der Waals surface area contributed by atoms with Crippen LogP contribution in [-0.4, -0.2) is 32.8 Å². The lowest BCUT2D eigenvalue weighted by atomic mass is 10.3. The zero-order valence-electron chi connectivity index (χ0n) is 14.1. The van der Waals surface area contributed by atoms with Gasteiger partial charge in [0.25, 0.3) is 0 Å². The topological polar surface area (TPSA) is 66.1 Å². The number of thioether (sulfide) groups is 1. The number of hydrogen-bond acceptors (Lipinski definition) is 4. The number of nitrogens with one attached hydrogen (secondary N) is 1. The van der Waals surface area contributed by atoms with E-state index in [9.17, 15) is 14.0 Å². The molecule has 0 spiro atoms. The number of amides is 2. The van der Waals surface area contributed by atoms with Gasteiger partial charge in [-0.2, -0.15) is 0 Å². The molecule has 1 fully saturated rings. The summed E-state index contributed by atoms with van der Waals surface area (Å²) >= 11 is 7.20. The van der Waals surface area contributed by atoms with Gasteiger partial charge in [-0.1, -0.05) is 23.7 Å². The van der Waals surface area contributed by atoms with Crippen molar-refractivity contribution in [2.75, 3.05) is 10.7 Å². The van der Waals surface area contributed by atoms with E-state index < -0.39 is 11.1 Å². The summed E-state index contributed by atoms with van der Waals surface area (Å²) in [6, 6.07) is 11.6. The summed E-state index contributed by atoms with van der Waals surface area (Å²) in [6.45, 7) is 0. The van der Waals surface area contributed by atoms with Crippen molar-refractivity contribution in [2.45, 2.75) is 18.1 Å². The Hall–Kier alpha value is -2.38. The van der Waals surface area contributed by atoms with E-state index in [1.165, 1.54) is 23.9 Å². The molecule has 0 aliphatic carbocycles. The van der Waals surface area contributed by atoms with Crippen LogP contribution in [0.3, 0.4) is 0 Å². The van der Waals surface area contributed by atoms with Gasteiger partial charge in [0.15, 0.2) is 0 Å². The Morgan fingerprint density at radius 2 is 2.07 bits per heavy atom. The fourth-order valence-corrected chi connectivity index (χ4v) is 4.33. The van der Waals surface area contributed by atoms with Gasteiger partial charge in [0.05, 0.1) is 27.0 Å². The second-order valence-electron chi connectivity index (χ2n) is 6.18. The van der Waals surface area contributed by atoms with Crippen LogP contribution in [0.5, 0.6) is 0 Å². The molecule has 1 aliphatic heterocycles. The molecule has 5 nitrogen and oxygen atoms in total. The molecule has 0 bridgehead atoms. The van der Waals surface area contributed by atoms with Gasteiger partial charge >= 0.3 is 0 Å². The highest BCUT2D eigenvalue weighted by Gasteiger charge is 2.39. The summed E-state index contributed by atoms with van der Waals surface area (Å²) in [4.78, 5) is 33.7. The Morgan fingerprint density at radius 3 is 2.85 bits per heavy atom. The van der Waals surface area contributed by atoms with Gasteiger partial charge in [0, 0.05) is 18.6 Å². The Kier molecular flexibility index (Phi) is 4.88. The monoisotopic (exact) mass is 403 g/mol. The van der Waals surface area contributed by atoms with Gasteiger partial charge in [-0.15, -0.1) is 11.8 Å². The number of benzene rings is 2. The predicted molar refractivity (Wildman–Crippen MR) is 105 cm³/mol. The van der Waals surface area contributed by atoms with E-state index in [-0.39, 0.29) is 23.3 Å². The van der Waals surface area contributed by atoms with E-state index in [1.54, 1.807) is 0 Å². The molecule has 3 aromatic rings. The minimum absolute atomic E-state index is 0.117. The molecule has 1 aliphatic rings. The normalized spacial score (nSPS) is 17.3. The van der Waals surface area contributed by atoms with Crippen LogP contribution in [0, 0.1) is 5.82 Å². The maximum Gasteiger partial charge on any atom is 0.247 e. The molecule has 1 atom stereocenters. The number of aromatic nitrogens is 2. The Balaban J connectivity index is 1.40. The highest BCUT2D eigenvalue weighted by molar-refractivity contribution is 8.00. The summed E-state index contributed by atoms with van der Waals surface area (Å²) < 4.78 is 13.3. The zero-order valence-corrected chi connectivity index (χ0v) is 15.7. The van der Waals surface area contributed by atoms with Gasteiger partial charge in [-0.25, -0.2) is 14.3 Å². The molecule has 4 rings (SSSR count). The number of aryl methyl sites for hydroxylation is 1. The number of para-hydroxylation sites is 2. The van der Waals surface area contributed by atoms with Crippen LogP contribution in [0.15, 0.2) is 42.5 Å². The number of carbonyl (C=O) groups is 2. The summed E-state index contributed by atoms with van der Waals surface area (Å²) in [6.07, 6.45) is 0.790. The van der Waals surface area contributed by atoms with E-state index in [2.05, 4.69) is 9.97 Å². The van der Waals surface area contributed by atoms with Crippen molar-refractivity contribution in [3.05, 3.63) is 59.1 Å². The van der Waals surface area contributed by atoms with Crippen LogP contribution in [0.2, 0.25) is 5.02 Å². The Bertz CT molecular complexity index is 1010. The molecular formula is C19H15ClFN3O2S. The molecule has 1 saturated heterocycles. The van der Waals surface area contributed by atoms with Crippen molar-refractivity contribution in [1.29, 1.82) is 0 Å². The highest BCUT2D eigenvalue weighted by atomic mass is 35.5. The van der Waals surface area contributed by atoms with Crippen LogP contribution in [0.1, 0.15) is 12.2 Å². The van der Waals surface area contributed by atoms with E-state index in [4.69, 9.17) is 11.6 Å². The first kappa shape index (κ1) is 18.0. The molecule has 2 amide bonds. The van der Waals surface area contributed by atoms with Crippen molar-refractivity contribution < 1.29 is 14.0 Å². The minimum atomic E-state index is -0.587. The molecule has 27 heavy (non-hydrogen) atoms. The Morgan fingerprint density at radius 1 is 1.26 bits per heavy atom. The number of H-pyrrole nitrogens is 1. The molecule has 0 radical (unpaired) electrons. The summed E-state index contributed by atoms with van der Waals surface area (Å²) in [5.41, 5.74) is 2.18. The fourth-order valence-electron chi connectivity index (χ4n) is 3.05. The molecule has 1 aromatic heterocycles. The zero-order chi connectivity index (χ0) is 19.0. The lowest BCUT2D eigenvalue weighted by molar-refractivity contribution is -0.121. The second-order valence-corrected chi connectivity index (χ2v) is 7.90. The largest absolute Gasteiger partial charge is 0.342 e. The molecule has 2 aromatic carbocycles. The van der Waals surface area contributed by atoms with Crippen LogP contribution < -0.4 is 4.90 Å². The number of carbonyl (C=O) groups excluding carboxylic acids is 2. The van der Waals surface area contributed by atoms with Gasteiger partial charge in [0.1, 0.15) is 11.6 Å². The smallest absolute Gasteiger partial charge is 0.247 e. The maximum atomic E-state index is 13.3. The van der Waals surface area contributed by atoms with Crippen molar-refractivity contribution in [2.24, 2.45) is 0 Å². The van der Waals surface area contributed by atoms with Crippen LogP contribution in [0.4, 0.5) is 10.1 Å². The number of imide groups is 1. The van der Waals surface area contributed by atoms with E-state index in [0.29, 0.717) is 17.9 Å². The van der Waals surface area contributed by atoms with Crippen molar-refractivity contribution >= 4 is 51.9 Å². The molecule has 8 heteroatoms. The molecule has 0 unspecified atom stereocenters. The third kappa shape index (κ3) is 3.57. The first-order chi connectivity index (χ1) is 13.0. The molecule has 0 saturated carbocycles. The molecule has 2 heterocycles. The SMILES string of the molecule is O=C1C[C@@H](SCCc2nc3ccccc3[nH]2)C(=O)N1c1ccc(F)c(Cl)c1. The number of hydrogen-bond donors (Lipinski definition) is 1. The number of anilines is 1. The molecule has 1 N–H and O–H groups in total. The van der Waals surface area contributed by atoms with Crippen molar-refractivity contribution in [1.82, 2.24) is 9.97 Å². The first-order valence-corrected chi connectivity index (χ1v) is 9.82.